The number of aliphatic hydroxyl groups is 1. The summed E-state index contributed by atoms with van der Waals surface area (Å²) in [5.41, 5.74) is 0.0855. The van der Waals surface area contributed by atoms with Gasteiger partial charge in [0, 0.05) is 17.6 Å². The molecule has 0 aliphatic rings. The van der Waals surface area contributed by atoms with Crippen LogP contribution in [0.3, 0.4) is 0 Å². The second kappa shape index (κ2) is 5.83. The summed E-state index contributed by atoms with van der Waals surface area (Å²) >= 11 is 0. The fourth-order valence-electron chi connectivity index (χ4n) is 1.27. The lowest BCUT2D eigenvalue weighted by Gasteiger charge is -2.37. The van der Waals surface area contributed by atoms with Gasteiger partial charge in [-0.25, -0.2) is 0 Å². The molecule has 3 heteroatoms. The third kappa shape index (κ3) is 4.49. The van der Waals surface area contributed by atoms with Gasteiger partial charge in [0.05, 0.1) is 6.61 Å². The molecule has 1 unspecified atom stereocenters. The fourth-order valence-corrected chi connectivity index (χ4v) is 1.27. The van der Waals surface area contributed by atoms with Gasteiger partial charge in [-0.15, -0.1) is 0 Å². The van der Waals surface area contributed by atoms with Crippen molar-refractivity contribution in [1.82, 2.24) is 10.2 Å². The molecule has 0 aromatic carbocycles. The van der Waals surface area contributed by atoms with Crippen molar-refractivity contribution in [2.24, 2.45) is 0 Å². The van der Waals surface area contributed by atoms with Crippen LogP contribution in [0.1, 0.15) is 40.5 Å². The minimum absolute atomic E-state index is 0.155. The van der Waals surface area contributed by atoms with Crippen LogP contribution in [0.25, 0.3) is 0 Å². The predicted octanol–water partition coefficient (Wildman–Crippen LogP) is 1.47. The van der Waals surface area contributed by atoms with Crippen molar-refractivity contribution in [1.29, 1.82) is 0 Å². The van der Waals surface area contributed by atoms with Crippen molar-refractivity contribution in [3.05, 3.63) is 0 Å². The molecule has 0 aromatic rings. The zero-order valence-corrected chi connectivity index (χ0v) is 11.2. The molecule has 0 aliphatic heterocycles. The van der Waals surface area contributed by atoms with E-state index in [0.717, 1.165) is 19.4 Å². The van der Waals surface area contributed by atoms with E-state index in [0.29, 0.717) is 0 Å². The minimum Gasteiger partial charge on any atom is -0.394 e. The van der Waals surface area contributed by atoms with E-state index in [1.54, 1.807) is 0 Å². The Kier molecular flexibility index (Phi) is 5.78. The number of nitrogens with zero attached hydrogens (tertiary/aromatic N) is 1. The SMILES string of the molecule is CCC(C)(C)N(C)CCC(C)(CO)NC. The average molecular weight is 216 g/mol. The number of likely N-dealkylation sites (N-methyl/N-ethyl adjacent to an activating group) is 1. The number of hydrogen-bond donors (Lipinski definition) is 2. The highest BCUT2D eigenvalue weighted by Gasteiger charge is 2.25. The Balaban J connectivity index is 4.15. The summed E-state index contributed by atoms with van der Waals surface area (Å²) in [6.45, 7) is 9.95. The van der Waals surface area contributed by atoms with Gasteiger partial charge >= 0.3 is 0 Å². The summed E-state index contributed by atoms with van der Waals surface area (Å²) in [4.78, 5) is 2.36. The van der Waals surface area contributed by atoms with Crippen LogP contribution in [0.5, 0.6) is 0 Å². The van der Waals surface area contributed by atoms with Gasteiger partial charge < -0.3 is 15.3 Å². The second-order valence-corrected chi connectivity index (χ2v) is 5.31. The van der Waals surface area contributed by atoms with E-state index in [1.807, 2.05) is 7.05 Å². The van der Waals surface area contributed by atoms with Crippen LogP contribution >= 0.6 is 0 Å². The van der Waals surface area contributed by atoms with Crippen LogP contribution in [0.4, 0.5) is 0 Å². The predicted molar refractivity (Wildman–Crippen MR) is 66.2 cm³/mol. The molecule has 2 N–H and O–H groups in total. The molecule has 15 heavy (non-hydrogen) atoms. The van der Waals surface area contributed by atoms with Gasteiger partial charge in [-0.2, -0.15) is 0 Å². The Bertz CT molecular complexity index is 176. The molecule has 1 atom stereocenters. The Morgan fingerprint density at radius 2 is 1.80 bits per heavy atom. The van der Waals surface area contributed by atoms with Gasteiger partial charge in [-0.3, -0.25) is 0 Å². The lowest BCUT2D eigenvalue weighted by molar-refractivity contribution is 0.112. The van der Waals surface area contributed by atoms with E-state index in [2.05, 4.69) is 45.0 Å². The molecule has 0 radical (unpaired) electrons. The largest absolute Gasteiger partial charge is 0.394 e. The molecule has 0 bridgehead atoms. The maximum Gasteiger partial charge on any atom is 0.0610 e. The first kappa shape index (κ1) is 14.9. The number of rotatable bonds is 7. The number of aliphatic hydroxyl groups excluding tert-OH is 1. The van der Waals surface area contributed by atoms with E-state index >= 15 is 0 Å². The van der Waals surface area contributed by atoms with Crippen LogP contribution in [0, 0.1) is 0 Å². The average Bonchev–Trinajstić information content (AvgIpc) is 2.25. The Hall–Kier alpha value is -0.120. The molecule has 0 heterocycles. The summed E-state index contributed by atoms with van der Waals surface area (Å²) in [5.74, 6) is 0. The van der Waals surface area contributed by atoms with Gasteiger partial charge in [0.25, 0.3) is 0 Å². The second-order valence-electron chi connectivity index (χ2n) is 5.31. The third-order valence-electron chi connectivity index (χ3n) is 3.85. The first-order valence-corrected chi connectivity index (χ1v) is 5.82. The minimum atomic E-state index is -0.155. The zero-order valence-electron chi connectivity index (χ0n) is 11.2. The topological polar surface area (TPSA) is 35.5 Å². The summed E-state index contributed by atoms with van der Waals surface area (Å²) in [6, 6.07) is 0. The Labute approximate surface area is 94.9 Å². The van der Waals surface area contributed by atoms with Gasteiger partial charge in [0.2, 0.25) is 0 Å². The van der Waals surface area contributed by atoms with E-state index in [-0.39, 0.29) is 17.7 Å². The van der Waals surface area contributed by atoms with Crippen molar-refractivity contribution in [2.75, 3.05) is 27.2 Å². The summed E-state index contributed by atoms with van der Waals surface area (Å²) in [5, 5.41) is 12.5. The highest BCUT2D eigenvalue weighted by molar-refractivity contribution is 4.84. The van der Waals surface area contributed by atoms with E-state index in [9.17, 15) is 5.11 Å². The zero-order chi connectivity index (χ0) is 12.1. The van der Waals surface area contributed by atoms with Crippen molar-refractivity contribution in [3.8, 4) is 0 Å². The van der Waals surface area contributed by atoms with Crippen molar-refractivity contribution < 1.29 is 5.11 Å². The summed E-state index contributed by atoms with van der Waals surface area (Å²) in [6.07, 6.45) is 2.10. The lowest BCUT2D eigenvalue weighted by atomic mass is 9.95. The lowest BCUT2D eigenvalue weighted by Crippen LogP contribution is -2.48. The molecule has 0 saturated heterocycles. The third-order valence-corrected chi connectivity index (χ3v) is 3.85. The van der Waals surface area contributed by atoms with Crippen LogP contribution in [0.15, 0.2) is 0 Å². The molecule has 0 spiro atoms. The van der Waals surface area contributed by atoms with E-state index < -0.39 is 0 Å². The van der Waals surface area contributed by atoms with E-state index in [4.69, 9.17) is 0 Å². The van der Waals surface area contributed by atoms with Crippen molar-refractivity contribution >= 4 is 0 Å². The molecule has 0 fully saturated rings. The maximum absolute atomic E-state index is 9.28. The highest BCUT2D eigenvalue weighted by Crippen LogP contribution is 2.18. The molecule has 0 amide bonds. The Morgan fingerprint density at radius 1 is 1.27 bits per heavy atom. The Morgan fingerprint density at radius 3 is 2.13 bits per heavy atom. The van der Waals surface area contributed by atoms with Crippen LogP contribution in [0.2, 0.25) is 0 Å². The van der Waals surface area contributed by atoms with Gasteiger partial charge in [-0.05, 0) is 47.7 Å². The first-order valence-electron chi connectivity index (χ1n) is 5.82. The monoisotopic (exact) mass is 216 g/mol. The molecular formula is C12H28N2O. The molecule has 0 saturated carbocycles. The van der Waals surface area contributed by atoms with Crippen LogP contribution < -0.4 is 5.32 Å². The van der Waals surface area contributed by atoms with Crippen molar-refractivity contribution in [3.63, 3.8) is 0 Å². The number of hydrogen-bond acceptors (Lipinski definition) is 3. The summed E-state index contributed by atoms with van der Waals surface area (Å²) < 4.78 is 0. The quantitative estimate of drug-likeness (QED) is 0.676. The highest BCUT2D eigenvalue weighted by atomic mass is 16.3. The number of nitrogens with one attached hydrogen (secondary N) is 1. The first-order chi connectivity index (χ1) is 6.81. The maximum atomic E-state index is 9.28. The van der Waals surface area contributed by atoms with Gasteiger partial charge in [-0.1, -0.05) is 6.92 Å². The molecule has 0 aliphatic carbocycles. The smallest absolute Gasteiger partial charge is 0.0610 e. The standard InChI is InChI=1S/C12H28N2O/c1-7-11(2,3)14(6)9-8-12(4,10-15)13-5/h13,15H,7-10H2,1-6H3. The van der Waals surface area contributed by atoms with Crippen molar-refractivity contribution in [2.45, 2.75) is 51.6 Å². The fraction of sp³-hybridized carbons (Fsp3) is 1.00. The van der Waals surface area contributed by atoms with Crippen LogP contribution in [-0.2, 0) is 0 Å². The van der Waals surface area contributed by atoms with Gasteiger partial charge in [0.1, 0.15) is 0 Å². The van der Waals surface area contributed by atoms with Gasteiger partial charge in [0.15, 0.2) is 0 Å². The summed E-state index contributed by atoms with van der Waals surface area (Å²) in [7, 11) is 4.05. The normalized spacial score (nSPS) is 16.8. The van der Waals surface area contributed by atoms with Crippen LogP contribution in [-0.4, -0.2) is 48.3 Å². The molecular weight excluding hydrogens is 188 g/mol. The molecule has 92 valence electrons. The van der Waals surface area contributed by atoms with E-state index in [1.165, 1.54) is 0 Å². The molecule has 3 nitrogen and oxygen atoms in total. The molecule has 0 aromatic heterocycles. The molecule has 0 rings (SSSR count).